The van der Waals surface area contributed by atoms with Gasteiger partial charge in [-0.15, -0.1) is 0 Å². The number of aromatic nitrogens is 1. The highest BCUT2D eigenvalue weighted by molar-refractivity contribution is 7.89. The molecule has 1 fully saturated rings. The molecule has 0 aliphatic heterocycles. The molecule has 1 heterocycles. The third-order valence-electron chi connectivity index (χ3n) is 5.27. The number of oxazole rings is 1. The van der Waals surface area contributed by atoms with Crippen molar-refractivity contribution in [1.29, 1.82) is 0 Å². The van der Waals surface area contributed by atoms with Gasteiger partial charge >= 0.3 is 0 Å². The topological polar surface area (TPSA) is 58.7 Å². The van der Waals surface area contributed by atoms with Gasteiger partial charge in [0, 0.05) is 26.7 Å². The van der Waals surface area contributed by atoms with Crippen LogP contribution in [0.4, 0.5) is 0 Å². The molecule has 4 rings (SSSR count). The van der Waals surface area contributed by atoms with E-state index in [1.165, 1.54) is 29.5 Å². The summed E-state index contributed by atoms with van der Waals surface area (Å²) in [5, 5.41) is 0. The van der Waals surface area contributed by atoms with Crippen molar-refractivity contribution in [3.63, 3.8) is 0 Å². The summed E-state index contributed by atoms with van der Waals surface area (Å²) >= 11 is 5.46. The maximum atomic E-state index is 12.6. The monoisotopic (exact) mass is 431 g/mol. The third kappa shape index (κ3) is 4.16. The Bertz CT molecular complexity index is 1210. The molecule has 0 atom stereocenters. The van der Waals surface area contributed by atoms with Crippen molar-refractivity contribution < 1.29 is 12.8 Å². The quantitative estimate of drug-likeness (QED) is 0.526. The Hall–Kier alpha value is -2.00. The molecule has 6 nitrogen and oxygen atoms in total. The van der Waals surface area contributed by atoms with E-state index in [9.17, 15) is 8.42 Å². The van der Waals surface area contributed by atoms with Crippen LogP contribution in [0.5, 0.6) is 0 Å². The standard InChI is InChI=1S/C21H25N3O3S2/c1-15-5-4-6-16(11-15)13-23(17-7-8-17)14-24-19-12-18(29(25,26)22(2)3)9-10-20(19)27-21(24)28/h4-6,9-12,17H,7-8,13-14H2,1-3H3. The highest BCUT2D eigenvalue weighted by atomic mass is 32.2. The number of aryl methyl sites for hydroxylation is 1. The zero-order valence-electron chi connectivity index (χ0n) is 16.8. The van der Waals surface area contributed by atoms with E-state index in [1.807, 2.05) is 4.57 Å². The molecule has 1 aliphatic carbocycles. The second-order valence-electron chi connectivity index (χ2n) is 7.82. The Labute approximate surface area is 176 Å². The first kappa shape index (κ1) is 20.3. The van der Waals surface area contributed by atoms with E-state index in [2.05, 4.69) is 36.1 Å². The van der Waals surface area contributed by atoms with Crippen LogP contribution in [0.1, 0.15) is 24.0 Å². The summed E-state index contributed by atoms with van der Waals surface area (Å²) in [4.78, 5) is 2.97. The summed E-state index contributed by atoms with van der Waals surface area (Å²) < 4.78 is 34.0. The van der Waals surface area contributed by atoms with E-state index in [1.54, 1.807) is 18.2 Å². The summed E-state index contributed by atoms with van der Waals surface area (Å²) in [6.45, 7) is 3.48. The van der Waals surface area contributed by atoms with Crippen molar-refractivity contribution in [3.8, 4) is 0 Å². The molecule has 1 aromatic heterocycles. The maximum absolute atomic E-state index is 12.6. The molecule has 0 unspecified atom stereocenters. The highest BCUT2D eigenvalue weighted by Crippen LogP contribution is 2.31. The minimum absolute atomic E-state index is 0.233. The maximum Gasteiger partial charge on any atom is 0.270 e. The molecule has 8 heteroatoms. The van der Waals surface area contributed by atoms with Crippen LogP contribution in [0.25, 0.3) is 11.1 Å². The van der Waals surface area contributed by atoms with Gasteiger partial charge in [0.2, 0.25) is 10.0 Å². The van der Waals surface area contributed by atoms with Crippen molar-refractivity contribution >= 4 is 33.3 Å². The lowest BCUT2D eigenvalue weighted by molar-refractivity contribution is 0.197. The molecule has 1 saturated carbocycles. The van der Waals surface area contributed by atoms with Crippen molar-refractivity contribution in [2.75, 3.05) is 14.1 Å². The van der Waals surface area contributed by atoms with Crippen LogP contribution in [-0.4, -0.2) is 42.3 Å². The predicted molar refractivity (Wildman–Crippen MR) is 116 cm³/mol. The van der Waals surface area contributed by atoms with Gasteiger partial charge in [-0.3, -0.25) is 9.47 Å². The molecular weight excluding hydrogens is 406 g/mol. The lowest BCUT2D eigenvalue weighted by Crippen LogP contribution is -2.28. The van der Waals surface area contributed by atoms with Crippen LogP contribution in [0.15, 0.2) is 51.8 Å². The Morgan fingerprint density at radius 2 is 1.93 bits per heavy atom. The second-order valence-corrected chi connectivity index (χ2v) is 10.3. The molecule has 1 aliphatic rings. The van der Waals surface area contributed by atoms with Gasteiger partial charge in [-0.25, -0.2) is 12.7 Å². The van der Waals surface area contributed by atoms with Gasteiger partial charge in [0.05, 0.1) is 17.1 Å². The lowest BCUT2D eigenvalue weighted by atomic mass is 10.1. The van der Waals surface area contributed by atoms with E-state index < -0.39 is 10.0 Å². The second kappa shape index (κ2) is 7.68. The van der Waals surface area contributed by atoms with E-state index in [0.29, 0.717) is 28.6 Å². The summed E-state index contributed by atoms with van der Waals surface area (Å²) in [5.41, 5.74) is 3.79. The van der Waals surface area contributed by atoms with Crippen LogP contribution in [-0.2, 0) is 23.2 Å². The van der Waals surface area contributed by atoms with Crippen molar-refractivity contribution in [1.82, 2.24) is 13.8 Å². The van der Waals surface area contributed by atoms with Gasteiger partial charge in [-0.1, -0.05) is 29.8 Å². The smallest absolute Gasteiger partial charge is 0.270 e. The van der Waals surface area contributed by atoms with Gasteiger partial charge in [0.1, 0.15) is 0 Å². The molecule has 0 spiro atoms. The number of hydrogen-bond acceptors (Lipinski definition) is 5. The van der Waals surface area contributed by atoms with Crippen LogP contribution in [0.2, 0.25) is 0 Å². The average Bonchev–Trinajstić information content (AvgIpc) is 3.46. The zero-order chi connectivity index (χ0) is 20.8. The largest absolute Gasteiger partial charge is 0.429 e. The number of sulfonamides is 1. The summed E-state index contributed by atoms with van der Waals surface area (Å²) in [5.74, 6) is 0. The molecule has 29 heavy (non-hydrogen) atoms. The number of hydrogen-bond donors (Lipinski definition) is 0. The minimum Gasteiger partial charge on any atom is -0.429 e. The number of rotatable bonds is 7. The molecule has 0 radical (unpaired) electrons. The molecule has 0 amide bonds. The fraction of sp³-hybridized carbons (Fsp3) is 0.381. The van der Waals surface area contributed by atoms with E-state index in [0.717, 1.165) is 19.4 Å². The Balaban J connectivity index is 1.70. The van der Waals surface area contributed by atoms with E-state index in [-0.39, 0.29) is 4.90 Å². The van der Waals surface area contributed by atoms with E-state index in [4.69, 9.17) is 16.6 Å². The van der Waals surface area contributed by atoms with Gasteiger partial charge < -0.3 is 4.42 Å². The van der Waals surface area contributed by atoms with Crippen LogP contribution < -0.4 is 0 Å². The number of nitrogens with zero attached hydrogens (tertiary/aromatic N) is 3. The Morgan fingerprint density at radius 3 is 2.59 bits per heavy atom. The molecule has 154 valence electrons. The molecule has 3 aromatic rings. The summed E-state index contributed by atoms with van der Waals surface area (Å²) in [6, 6.07) is 13.9. The Morgan fingerprint density at radius 1 is 1.17 bits per heavy atom. The van der Waals surface area contributed by atoms with Gasteiger partial charge in [0.25, 0.3) is 4.84 Å². The lowest BCUT2D eigenvalue weighted by Gasteiger charge is -2.23. The van der Waals surface area contributed by atoms with Crippen LogP contribution in [0, 0.1) is 11.8 Å². The normalized spacial score (nSPS) is 14.9. The van der Waals surface area contributed by atoms with Crippen molar-refractivity contribution in [3.05, 3.63) is 58.4 Å². The summed E-state index contributed by atoms with van der Waals surface area (Å²) in [6.07, 6.45) is 2.32. The predicted octanol–water partition coefficient (Wildman–Crippen LogP) is 4.14. The van der Waals surface area contributed by atoms with E-state index >= 15 is 0 Å². The molecule has 0 N–H and O–H groups in total. The first-order valence-electron chi connectivity index (χ1n) is 9.61. The average molecular weight is 432 g/mol. The minimum atomic E-state index is -3.53. The highest BCUT2D eigenvalue weighted by Gasteiger charge is 2.30. The van der Waals surface area contributed by atoms with Crippen LogP contribution in [0.3, 0.4) is 0 Å². The van der Waals surface area contributed by atoms with Gasteiger partial charge in [-0.05, 0) is 55.7 Å². The number of benzene rings is 2. The van der Waals surface area contributed by atoms with Crippen LogP contribution >= 0.6 is 12.2 Å². The molecule has 0 bridgehead atoms. The summed E-state index contributed by atoms with van der Waals surface area (Å²) in [7, 11) is -0.479. The fourth-order valence-corrected chi connectivity index (χ4v) is 4.68. The van der Waals surface area contributed by atoms with Gasteiger partial charge in [0.15, 0.2) is 5.58 Å². The van der Waals surface area contributed by atoms with Crippen molar-refractivity contribution in [2.24, 2.45) is 0 Å². The fourth-order valence-electron chi connectivity index (χ4n) is 3.51. The first-order valence-corrected chi connectivity index (χ1v) is 11.5. The molecule has 2 aromatic carbocycles. The Kier molecular flexibility index (Phi) is 5.37. The van der Waals surface area contributed by atoms with Crippen molar-refractivity contribution in [2.45, 2.75) is 43.9 Å². The molecule has 0 saturated heterocycles. The number of fused-ring (bicyclic) bond motifs is 1. The molecular formula is C21H25N3O3S2. The third-order valence-corrected chi connectivity index (χ3v) is 7.39. The van der Waals surface area contributed by atoms with Gasteiger partial charge in [-0.2, -0.15) is 0 Å². The SMILES string of the molecule is Cc1cccc(CN(Cn2c(=S)oc3ccc(S(=O)(=O)N(C)C)cc32)C2CC2)c1. The first-order chi connectivity index (χ1) is 13.8. The zero-order valence-corrected chi connectivity index (χ0v) is 18.5.